The number of carboxylic acids is 1. The molecule has 1 rings (SSSR count). The van der Waals surface area contributed by atoms with Crippen LogP contribution in [0, 0.1) is 18.8 Å². The fourth-order valence-electron chi connectivity index (χ4n) is 1.29. The van der Waals surface area contributed by atoms with Crippen LogP contribution in [-0.2, 0) is 0 Å². The van der Waals surface area contributed by atoms with Gasteiger partial charge in [0.2, 0.25) is 0 Å². The number of hydrogen-bond donors (Lipinski definition) is 2. The largest absolute Gasteiger partial charge is 0.478 e. The molecule has 0 saturated heterocycles. The summed E-state index contributed by atoms with van der Waals surface area (Å²) < 4.78 is 0. The Balaban J connectivity index is 3.13. The molecule has 0 unspecified atom stereocenters. The Labute approximate surface area is 88.9 Å². The minimum atomic E-state index is -0.940. The van der Waals surface area contributed by atoms with Crippen molar-refractivity contribution in [1.82, 2.24) is 0 Å². The van der Waals surface area contributed by atoms with Crippen LogP contribution in [0.3, 0.4) is 0 Å². The van der Waals surface area contributed by atoms with Crippen molar-refractivity contribution in [2.75, 3.05) is 6.54 Å². The maximum absolute atomic E-state index is 11.0. The van der Waals surface area contributed by atoms with Crippen LogP contribution in [0.25, 0.3) is 0 Å². The first-order valence-electron chi connectivity index (χ1n) is 4.68. The second-order valence-electron chi connectivity index (χ2n) is 3.14. The Morgan fingerprint density at radius 1 is 1.53 bits per heavy atom. The van der Waals surface area contributed by atoms with E-state index in [1.54, 1.807) is 25.1 Å². The average molecular weight is 203 g/mol. The van der Waals surface area contributed by atoms with E-state index in [2.05, 4.69) is 11.8 Å². The zero-order valence-corrected chi connectivity index (χ0v) is 8.58. The third-order valence-corrected chi connectivity index (χ3v) is 1.98. The summed E-state index contributed by atoms with van der Waals surface area (Å²) in [7, 11) is 0. The molecule has 0 radical (unpaired) electrons. The maximum atomic E-state index is 11.0. The van der Waals surface area contributed by atoms with E-state index in [9.17, 15) is 4.79 Å². The van der Waals surface area contributed by atoms with Crippen LogP contribution >= 0.6 is 0 Å². The number of rotatable bonds is 2. The highest BCUT2D eigenvalue weighted by Gasteiger charge is 2.10. The molecule has 78 valence electrons. The van der Waals surface area contributed by atoms with Crippen molar-refractivity contribution in [3.8, 4) is 11.8 Å². The molecule has 0 spiro atoms. The zero-order valence-electron chi connectivity index (χ0n) is 8.58. The first kappa shape index (κ1) is 11.3. The van der Waals surface area contributed by atoms with Crippen LogP contribution in [0.4, 0.5) is 0 Å². The summed E-state index contributed by atoms with van der Waals surface area (Å²) in [5, 5.41) is 9.01. The van der Waals surface area contributed by atoms with Crippen molar-refractivity contribution >= 4 is 5.97 Å². The van der Waals surface area contributed by atoms with E-state index in [-0.39, 0.29) is 5.56 Å². The summed E-state index contributed by atoms with van der Waals surface area (Å²) >= 11 is 0. The van der Waals surface area contributed by atoms with Crippen LogP contribution in [0.1, 0.15) is 27.9 Å². The number of nitrogens with two attached hydrogens (primary N) is 1. The van der Waals surface area contributed by atoms with Gasteiger partial charge in [0.25, 0.3) is 0 Å². The summed E-state index contributed by atoms with van der Waals surface area (Å²) in [4.78, 5) is 11.0. The molecule has 0 saturated carbocycles. The molecular weight excluding hydrogens is 190 g/mol. The van der Waals surface area contributed by atoms with Gasteiger partial charge in [-0.2, -0.15) is 0 Å². The maximum Gasteiger partial charge on any atom is 0.337 e. The van der Waals surface area contributed by atoms with Crippen LogP contribution in [0.5, 0.6) is 0 Å². The molecule has 0 aromatic heterocycles. The van der Waals surface area contributed by atoms with Crippen molar-refractivity contribution in [2.45, 2.75) is 13.3 Å². The lowest BCUT2D eigenvalue weighted by molar-refractivity contribution is 0.0696. The Morgan fingerprint density at radius 3 is 2.87 bits per heavy atom. The van der Waals surface area contributed by atoms with Crippen LogP contribution < -0.4 is 5.73 Å². The van der Waals surface area contributed by atoms with E-state index >= 15 is 0 Å². The van der Waals surface area contributed by atoms with E-state index < -0.39 is 5.97 Å². The lowest BCUT2D eigenvalue weighted by Gasteiger charge is -2.02. The third kappa shape index (κ3) is 2.83. The van der Waals surface area contributed by atoms with Gasteiger partial charge in [0.05, 0.1) is 5.56 Å². The van der Waals surface area contributed by atoms with E-state index in [0.717, 1.165) is 5.56 Å². The van der Waals surface area contributed by atoms with Crippen LogP contribution in [0.2, 0.25) is 0 Å². The molecule has 0 amide bonds. The summed E-state index contributed by atoms with van der Waals surface area (Å²) in [6.07, 6.45) is 0.576. The van der Waals surface area contributed by atoms with E-state index in [1.165, 1.54) is 0 Å². The zero-order chi connectivity index (χ0) is 11.3. The van der Waals surface area contributed by atoms with Gasteiger partial charge in [0.1, 0.15) is 0 Å². The van der Waals surface area contributed by atoms with Crippen molar-refractivity contribution in [3.05, 3.63) is 34.9 Å². The molecule has 0 heterocycles. The second-order valence-corrected chi connectivity index (χ2v) is 3.14. The van der Waals surface area contributed by atoms with Crippen molar-refractivity contribution in [2.24, 2.45) is 5.73 Å². The number of carbonyl (C=O) groups is 1. The molecule has 1 aromatic carbocycles. The van der Waals surface area contributed by atoms with Crippen LogP contribution in [-0.4, -0.2) is 17.6 Å². The third-order valence-electron chi connectivity index (χ3n) is 1.98. The van der Waals surface area contributed by atoms with Gasteiger partial charge in [-0.1, -0.05) is 24.0 Å². The predicted octanol–water partition coefficient (Wildman–Crippen LogP) is 1.39. The molecule has 0 aliphatic heterocycles. The molecule has 3 N–H and O–H groups in total. The fraction of sp³-hybridized carbons (Fsp3) is 0.250. The number of aryl methyl sites for hydroxylation is 1. The fourth-order valence-corrected chi connectivity index (χ4v) is 1.29. The van der Waals surface area contributed by atoms with Gasteiger partial charge in [-0.05, 0) is 18.6 Å². The minimum Gasteiger partial charge on any atom is -0.478 e. The van der Waals surface area contributed by atoms with E-state index in [4.69, 9.17) is 10.8 Å². The molecule has 0 fully saturated rings. The number of benzene rings is 1. The summed E-state index contributed by atoms with van der Waals surface area (Å²) in [6, 6.07) is 5.27. The Kier molecular flexibility index (Phi) is 3.90. The quantitative estimate of drug-likeness (QED) is 0.714. The summed E-state index contributed by atoms with van der Waals surface area (Å²) in [5.74, 6) is 4.72. The van der Waals surface area contributed by atoms with E-state index in [1.807, 2.05) is 0 Å². The SMILES string of the molecule is Cc1cccc(C#CCCN)c1C(=O)O. The molecule has 1 aromatic rings. The number of hydrogen-bond acceptors (Lipinski definition) is 2. The smallest absolute Gasteiger partial charge is 0.337 e. The molecule has 15 heavy (non-hydrogen) atoms. The molecule has 0 aliphatic carbocycles. The van der Waals surface area contributed by atoms with Gasteiger partial charge < -0.3 is 10.8 Å². The Morgan fingerprint density at radius 2 is 2.27 bits per heavy atom. The monoisotopic (exact) mass is 203 g/mol. The standard InChI is InChI=1S/C12H13NO2/c1-9-5-4-7-10(6-2-3-8-13)11(9)12(14)15/h4-5,7H,3,8,13H2,1H3,(H,14,15). The van der Waals surface area contributed by atoms with Gasteiger partial charge in [-0.25, -0.2) is 4.79 Å². The lowest BCUT2D eigenvalue weighted by Crippen LogP contribution is -2.03. The topological polar surface area (TPSA) is 63.3 Å². The molecule has 3 nitrogen and oxygen atoms in total. The highest BCUT2D eigenvalue weighted by molar-refractivity contribution is 5.92. The minimum absolute atomic E-state index is 0.280. The number of aromatic carboxylic acids is 1. The van der Waals surface area contributed by atoms with Gasteiger partial charge in [0, 0.05) is 18.5 Å². The van der Waals surface area contributed by atoms with Gasteiger partial charge in [-0.15, -0.1) is 0 Å². The Hall–Kier alpha value is -1.79. The van der Waals surface area contributed by atoms with Crippen molar-refractivity contribution in [1.29, 1.82) is 0 Å². The molecule has 0 aliphatic rings. The predicted molar refractivity (Wildman–Crippen MR) is 58.7 cm³/mol. The molecule has 3 heteroatoms. The summed E-state index contributed by atoms with van der Waals surface area (Å²) in [6.45, 7) is 2.25. The summed E-state index contributed by atoms with van der Waals surface area (Å²) in [5.41, 5.74) is 6.86. The lowest BCUT2D eigenvalue weighted by atomic mass is 10.0. The highest BCUT2D eigenvalue weighted by atomic mass is 16.4. The van der Waals surface area contributed by atoms with Crippen molar-refractivity contribution < 1.29 is 9.90 Å². The first-order valence-corrected chi connectivity index (χ1v) is 4.68. The van der Waals surface area contributed by atoms with Gasteiger partial charge in [0.15, 0.2) is 0 Å². The van der Waals surface area contributed by atoms with Gasteiger partial charge in [-0.3, -0.25) is 0 Å². The van der Waals surface area contributed by atoms with Crippen molar-refractivity contribution in [3.63, 3.8) is 0 Å². The highest BCUT2D eigenvalue weighted by Crippen LogP contribution is 2.13. The molecular formula is C12H13NO2. The second kappa shape index (κ2) is 5.18. The molecule has 0 atom stereocenters. The van der Waals surface area contributed by atoms with Crippen LogP contribution in [0.15, 0.2) is 18.2 Å². The molecule has 0 bridgehead atoms. The normalized spacial score (nSPS) is 9.20. The first-order chi connectivity index (χ1) is 7.16. The van der Waals surface area contributed by atoms with Gasteiger partial charge >= 0.3 is 5.97 Å². The Bertz CT molecular complexity index is 427. The average Bonchev–Trinajstić information content (AvgIpc) is 2.17. The number of carboxylic acid groups (broad SMARTS) is 1. The van der Waals surface area contributed by atoms with E-state index in [0.29, 0.717) is 18.5 Å².